The molecule has 1 aromatic heterocycles. The van der Waals surface area contributed by atoms with Crippen LogP contribution < -0.4 is 4.90 Å². The van der Waals surface area contributed by atoms with Crippen LogP contribution in [0, 0.1) is 0 Å². The standard InChI is InChI=1S/C65H45NO/c1-65(2)59-27-14-13-24-54(59)55-39-37-50(41-60(55)65)66(49-35-30-44(31-36-49)52-26-15-21-43-16-9-10-22-51(43)52)48-33-28-42(29-34-48)47-32-38-56-58(40-47)53-23-11-12-25-57(53)64-62(56)61(45-17-5-3-6-18-45)63(67-64)46-19-7-4-8-20-46/h3-41H,1-2H3. The van der Waals surface area contributed by atoms with Gasteiger partial charge in [-0.1, -0.05) is 208 Å². The highest BCUT2D eigenvalue weighted by Crippen LogP contribution is 2.52. The van der Waals surface area contributed by atoms with Crippen LogP contribution in [0.1, 0.15) is 25.0 Å². The molecular formula is C65H45NO. The van der Waals surface area contributed by atoms with E-state index < -0.39 is 0 Å². The third kappa shape index (κ3) is 6.25. The van der Waals surface area contributed by atoms with Crippen LogP contribution in [0.4, 0.5) is 17.1 Å². The fraction of sp³-hybridized carbons (Fsp3) is 0.0462. The lowest BCUT2D eigenvalue weighted by molar-refractivity contribution is 0.636. The molecule has 0 radical (unpaired) electrons. The van der Waals surface area contributed by atoms with E-state index in [4.69, 9.17) is 4.42 Å². The Kier molecular flexibility index (Phi) is 8.91. The van der Waals surface area contributed by atoms with Crippen molar-refractivity contribution < 1.29 is 4.42 Å². The van der Waals surface area contributed by atoms with Crippen LogP contribution >= 0.6 is 0 Å². The van der Waals surface area contributed by atoms with Crippen LogP contribution in [0.5, 0.6) is 0 Å². The Hall–Kier alpha value is -8.46. The lowest BCUT2D eigenvalue weighted by atomic mass is 9.82. The zero-order valence-electron chi connectivity index (χ0n) is 37.4. The highest BCUT2D eigenvalue weighted by molar-refractivity contribution is 6.29. The average molecular weight is 856 g/mol. The average Bonchev–Trinajstić information content (AvgIpc) is 3.90. The maximum Gasteiger partial charge on any atom is 0.143 e. The van der Waals surface area contributed by atoms with E-state index in [-0.39, 0.29) is 5.41 Å². The quantitative estimate of drug-likeness (QED) is 0.149. The van der Waals surface area contributed by atoms with Gasteiger partial charge in [0.15, 0.2) is 0 Å². The molecule has 2 heteroatoms. The van der Waals surface area contributed by atoms with E-state index in [0.29, 0.717) is 0 Å². The fourth-order valence-electron chi connectivity index (χ4n) is 11.0. The second-order valence-corrected chi connectivity index (χ2v) is 18.4. The van der Waals surface area contributed by atoms with Gasteiger partial charge in [0.05, 0.1) is 0 Å². The summed E-state index contributed by atoms with van der Waals surface area (Å²) in [4.78, 5) is 2.41. The lowest BCUT2D eigenvalue weighted by Gasteiger charge is -2.28. The third-order valence-corrected chi connectivity index (χ3v) is 14.3. The lowest BCUT2D eigenvalue weighted by Crippen LogP contribution is -2.16. The number of fused-ring (bicyclic) bond motifs is 10. The summed E-state index contributed by atoms with van der Waals surface area (Å²) in [5.41, 5.74) is 17.6. The normalized spacial score (nSPS) is 12.7. The predicted octanol–water partition coefficient (Wildman–Crippen LogP) is 18.3. The monoisotopic (exact) mass is 855 g/mol. The van der Waals surface area contributed by atoms with Crippen LogP contribution in [-0.2, 0) is 5.41 Å². The Labute approximate surface area is 390 Å². The maximum atomic E-state index is 6.98. The van der Waals surface area contributed by atoms with Crippen molar-refractivity contribution in [2.75, 3.05) is 4.90 Å². The van der Waals surface area contributed by atoms with Gasteiger partial charge in [0, 0.05) is 44.4 Å². The van der Waals surface area contributed by atoms with Crippen molar-refractivity contribution in [2.24, 2.45) is 0 Å². The smallest absolute Gasteiger partial charge is 0.143 e. The second kappa shape index (κ2) is 15.3. The topological polar surface area (TPSA) is 16.4 Å². The summed E-state index contributed by atoms with van der Waals surface area (Å²) in [7, 11) is 0. The molecule has 1 aliphatic carbocycles. The summed E-state index contributed by atoms with van der Waals surface area (Å²) in [5, 5.41) is 8.32. The highest BCUT2D eigenvalue weighted by atomic mass is 16.3. The second-order valence-electron chi connectivity index (χ2n) is 18.4. The number of furan rings is 1. The highest BCUT2D eigenvalue weighted by Gasteiger charge is 2.36. The van der Waals surface area contributed by atoms with Crippen molar-refractivity contribution in [3.63, 3.8) is 0 Å². The Bertz CT molecular complexity index is 3860. The molecular weight excluding hydrogens is 811 g/mol. The molecule has 12 aromatic rings. The molecule has 0 saturated heterocycles. The molecule has 0 amide bonds. The molecule has 0 bridgehead atoms. The van der Waals surface area contributed by atoms with Gasteiger partial charge in [0.1, 0.15) is 11.3 Å². The number of hydrogen-bond acceptors (Lipinski definition) is 2. The van der Waals surface area contributed by atoms with E-state index in [0.717, 1.165) is 61.4 Å². The van der Waals surface area contributed by atoms with E-state index in [2.05, 4.69) is 255 Å². The van der Waals surface area contributed by atoms with Crippen molar-refractivity contribution in [3.05, 3.63) is 248 Å². The van der Waals surface area contributed by atoms with Crippen molar-refractivity contribution in [1.29, 1.82) is 0 Å². The summed E-state index contributed by atoms with van der Waals surface area (Å²) in [6, 6.07) is 86.2. The molecule has 11 aromatic carbocycles. The van der Waals surface area contributed by atoms with E-state index in [9.17, 15) is 0 Å². The molecule has 0 spiro atoms. The molecule has 0 N–H and O–H groups in total. The summed E-state index contributed by atoms with van der Waals surface area (Å²) in [5.74, 6) is 0.892. The van der Waals surface area contributed by atoms with E-state index in [1.165, 1.54) is 65.9 Å². The molecule has 1 aliphatic rings. The molecule has 13 rings (SSSR count). The van der Waals surface area contributed by atoms with Crippen LogP contribution in [0.15, 0.2) is 241 Å². The van der Waals surface area contributed by atoms with Crippen molar-refractivity contribution >= 4 is 60.3 Å². The van der Waals surface area contributed by atoms with Crippen LogP contribution in [-0.4, -0.2) is 0 Å². The van der Waals surface area contributed by atoms with Crippen LogP contribution in [0.2, 0.25) is 0 Å². The zero-order chi connectivity index (χ0) is 44.6. The predicted molar refractivity (Wildman–Crippen MR) is 283 cm³/mol. The molecule has 2 nitrogen and oxygen atoms in total. The number of benzene rings is 11. The van der Waals surface area contributed by atoms with Gasteiger partial charge < -0.3 is 9.32 Å². The molecule has 1 heterocycles. The van der Waals surface area contributed by atoms with E-state index in [1.54, 1.807) is 0 Å². The van der Waals surface area contributed by atoms with Crippen molar-refractivity contribution in [3.8, 4) is 55.8 Å². The van der Waals surface area contributed by atoms with Crippen molar-refractivity contribution in [2.45, 2.75) is 19.3 Å². The Morgan fingerprint density at radius 2 is 0.910 bits per heavy atom. The first-order valence-electron chi connectivity index (χ1n) is 23.2. The number of anilines is 3. The van der Waals surface area contributed by atoms with Gasteiger partial charge in [0.25, 0.3) is 0 Å². The van der Waals surface area contributed by atoms with E-state index in [1.807, 2.05) is 0 Å². The number of hydrogen-bond donors (Lipinski definition) is 0. The minimum absolute atomic E-state index is 0.122. The minimum atomic E-state index is -0.122. The van der Waals surface area contributed by atoms with Gasteiger partial charge >= 0.3 is 0 Å². The largest absolute Gasteiger partial charge is 0.455 e. The molecule has 0 atom stereocenters. The van der Waals surface area contributed by atoms with E-state index >= 15 is 0 Å². The van der Waals surface area contributed by atoms with Gasteiger partial charge in [0.2, 0.25) is 0 Å². The third-order valence-electron chi connectivity index (χ3n) is 14.3. The number of rotatable bonds is 7. The Morgan fingerprint density at radius 1 is 0.343 bits per heavy atom. The molecule has 0 aliphatic heterocycles. The molecule has 316 valence electrons. The summed E-state index contributed by atoms with van der Waals surface area (Å²) < 4.78 is 6.98. The van der Waals surface area contributed by atoms with Crippen molar-refractivity contribution in [1.82, 2.24) is 0 Å². The van der Waals surface area contributed by atoms with Gasteiger partial charge in [-0.25, -0.2) is 0 Å². The molecule has 67 heavy (non-hydrogen) atoms. The van der Waals surface area contributed by atoms with Gasteiger partial charge in [-0.2, -0.15) is 0 Å². The summed E-state index contributed by atoms with van der Waals surface area (Å²) in [6.45, 7) is 4.71. The summed E-state index contributed by atoms with van der Waals surface area (Å²) in [6.07, 6.45) is 0. The first-order chi connectivity index (χ1) is 33.0. The van der Waals surface area contributed by atoms with Gasteiger partial charge in [-0.15, -0.1) is 0 Å². The molecule has 0 unspecified atom stereocenters. The Morgan fingerprint density at radius 3 is 1.67 bits per heavy atom. The molecule has 0 saturated carbocycles. The Balaban J connectivity index is 0.943. The zero-order valence-corrected chi connectivity index (χ0v) is 37.4. The first kappa shape index (κ1) is 39.0. The van der Waals surface area contributed by atoms with Gasteiger partial charge in [-0.3, -0.25) is 0 Å². The van der Waals surface area contributed by atoms with Crippen LogP contribution in [0.25, 0.3) is 99.1 Å². The maximum absolute atomic E-state index is 6.98. The molecule has 0 fully saturated rings. The summed E-state index contributed by atoms with van der Waals surface area (Å²) >= 11 is 0. The fourth-order valence-corrected chi connectivity index (χ4v) is 11.0. The number of nitrogens with zero attached hydrogens (tertiary/aromatic N) is 1. The van der Waals surface area contributed by atoms with Crippen LogP contribution in [0.3, 0.4) is 0 Å². The van der Waals surface area contributed by atoms with Gasteiger partial charge in [-0.05, 0) is 119 Å². The minimum Gasteiger partial charge on any atom is -0.455 e. The SMILES string of the molecule is CC1(C)c2ccccc2-c2ccc(N(c3ccc(-c4ccc5c(c4)c4ccccc4c4oc(-c6ccccc6)c(-c6ccccc6)c54)cc3)c3ccc(-c4cccc5ccccc45)cc3)cc21. The first-order valence-corrected chi connectivity index (χ1v) is 23.2.